The van der Waals surface area contributed by atoms with E-state index in [0.29, 0.717) is 17.6 Å². The molecule has 4 nitrogen and oxygen atoms in total. The molecule has 2 heterocycles. The molecular formula is C23H28ClF3N4. The van der Waals surface area contributed by atoms with Crippen LogP contribution >= 0.6 is 11.6 Å². The lowest BCUT2D eigenvalue weighted by atomic mass is 9.95. The Kier molecular flexibility index (Phi) is 5.85. The van der Waals surface area contributed by atoms with Gasteiger partial charge in [0.15, 0.2) is 5.69 Å². The summed E-state index contributed by atoms with van der Waals surface area (Å²) in [5.74, 6) is 0.872. The normalized spacial score (nSPS) is 15.7. The number of fused-ring (bicyclic) bond motifs is 1. The number of benzene rings is 1. The maximum Gasteiger partial charge on any atom is 0.435 e. The van der Waals surface area contributed by atoms with E-state index >= 15 is 0 Å². The van der Waals surface area contributed by atoms with E-state index in [0.717, 1.165) is 35.2 Å². The average molecular weight is 453 g/mol. The van der Waals surface area contributed by atoms with Crippen molar-refractivity contribution >= 4 is 17.4 Å². The summed E-state index contributed by atoms with van der Waals surface area (Å²) in [6.07, 6.45) is 1.51. The highest BCUT2D eigenvalue weighted by molar-refractivity contribution is 6.30. The molecule has 3 aromatic rings. The van der Waals surface area contributed by atoms with Crippen LogP contribution in [0.1, 0.15) is 53.8 Å². The Hall–Kier alpha value is -1.99. The van der Waals surface area contributed by atoms with Crippen LogP contribution in [0.15, 0.2) is 18.3 Å². The van der Waals surface area contributed by atoms with Crippen LogP contribution in [0, 0.1) is 32.6 Å². The third kappa shape index (κ3) is 4.35. The van der Waals surface area contributed by atoms with Gasteiger partial charge in [-0.2, -0.15) is 13.2 Å². The van der Waals surface area contributed by atoms with Gasteiger partial charge in [-0.1, -0.05) is 48.6 Å². The first-order valence-corrected chi connectivity index (χ1v) is 11.1. The van der Waals surface area contributed by atoms with Gasteiger partial charge in [-0.15, -0.1) is 0 Å². The Balaban J connectivity index is 1.84. The molecule has 0 bridgehead atoms. The van der Waals surface area contributed by atoms with Crippen molar-refractivity contribution in [1.82, 2.24) is 14.0 Å². The van der Waals surface area contributed by atoms with Crippen LogP contribution in [0.2, 0.25) is 5.15 Å². The SMILES string of the molecule is Cc1cc(C)c(-n2c(Cl)cn3c(CC(CN)CCC4CC4)c(C(F)(F)F)nc23)c(C)c1. The van der Waals surface area contributed by atoms with Crippen LogP contribution < -0.4 is 5.73 Å². The van der Waals surface area contributed by atoms with Crippen molar-refractivity contribution < 1.29 is 13.2 Å². The minimum absolute atomic E-state index is 0.0217. The Morgan fingerprint density at radius 3 is 2.39 bits per heavy atom. The Morgan fingerprint density at radius 2 is 1.84 bits per heavy atom. The number of hydrogen-bond acceptors (Lipinski definition) is 2. The van der Waals surface area contributed by atoms with Crippen LogP contribution in [-0.4, -0.2) is 20.5 Å². The van der Waals surface area contributed by atoms with Gasteiger partial charge >= 0.3 is 6.18 Å². The molecule has 1 saturated carbocycles. The van der Waals surface area contributed by atoms with Gasteiger partial charge in [-0.3, -0.25) is 8.97 Å². The molecule has 1 aliphatic rings. The molecule has 2 N–H and O–H groups in total. The lowest BCUT2D eigenvalue weighted by Gasteiger charge is -2.15. The quantitative estimate of drug-likeness (QED) is 0.475. The molecule has 0 saturated heterocycles. The molecule has 0 radical (unpaired) electrons. The van der Waals surface area contributed by atoms with Gasteiger partial charge in [0.2, 0.25) is 5.78 Å². The second kappa shape index (κ2) is 8.17. The molecule has 0 spiro atoms. The predicted molar refractivity (Wildman–Crippen MR) is 117 cm³/mol. The summed E-state index contributed by atoms with van der Waals surface area (Å²) in [6, 6.07) is 3.98. The summed E-state index contributed by atoms with van der Waals surface area (Å²) in [7, 11) is 0. The Morgan fingerprint density at radius 1 is 1.19 bits per heavy atom. The van der Waals surface area contributed by atoms with Gasteiger partial charge in [0, 0.05) is 6.20 Å². The van der Waals surface area contributed by atoms with Crippen LogP contribution in [0.5, 0.6) is 0 Å². The van der Waals surface area contributed by atoms with Crippen molar-refractivity contribution in [3.8, 4) is 5.69 Å². The second-order valence-electron chi connectivity index (χ2n) is 8.94. The number of aryl methyl sites for hydroxylation is 3. The topological polar surface area (TPSA) is 48.2 Å². The monoisotopic (exact) mass is 452 g/mol. The Labute approximate surface area is 185 Å². The first-order chi connectivity index (χ1) is 14.6. The summed E-state index contributed by atoms with van der Waals surface area (Å²) in [5.41, 5.74) is 8.93. The number of halogens is 4. The van der Waals surface area contributed by atoms with Crippen LogP contribution in [0.25, 0.3) is 11.5 Å². The summed E-state index contributed by atoms with van der Waals surface area (Å²) in [4.78, 5) is 4.06. The molecule has 1 fully saturated rings. The number of aromatic nitrogens is 3. The highest BCUT2D eigenvalue weighted by atomic mass is 35.5. The highest BCUT2D eigenvalue weighted by Gasteiger charge is 2.39. The molecule has 0 aliphatic heterocycles. The van der Waals surface area contributed by atoms with Gasteiger partial charge in [0.25, 0.3) is 0 Å². The van der Waals surface area contributed by atoms with Crippen molar-refractivity contribution in [2.75, 3.05) is 6.54 Å². The van der Waals surface area contributed by atoms with Crippen LogP contribution in [0.4, 0.5) is 13.2 Å². The van der Waals surface area contributed by atoms with Gasteiger partial charge < -0.3 is 5.73 Å². The number of nitrogens with two attached hydrogens (primary N) is 1. The second-order valence-corrected chi connectivity index (χ2v) is 9.32. The third-order valence-corrected chi connectivity index (χ3v) is 6.53. The number of imidazole rings is 2. The zero-order valence-corrected chi connectivity index (χ0v) is 18.8. The third-order valence-electron chi connectivity index (χ3n) is 6.26. The first-order valence-electron chi connectivity index (χ1n) is 10.7. The van der Waals surface area contributed by atoms with Crippen molar-refractivity contribution in [2.45, 2.75) is 59.1 Å². The van der Waals surface area contributed by atoms with E-state index in [-0.39, 0.29) is 23.8 Å². The molecule has 8 heteroatoms. The van der Waals surface area contributed by atoms with E-state index in [1.165, 1.54) is 17.2 Å². The van der Waals surface area contributed by atoms with E-state index in [9.17, 15) is 13.2 Å². The zero-order valence-electron chi connectivity index (χ0n) is 18.1. The predicted octanol–water partition coefficient (Wildman–Crippen LogP) is 6.03. The van der Waals surface area contributed by atoms with E-state index in [2.05, 4.69) is 4.98 Å². The summed E-state index contributed by atoms with van der Waals surface area (Å²) < 4.78 is 44.9. The van der Waals surface area contributed by atoms with Gasteiger partial charge in [-0.05, 0) is 63.1 Å². The lowest BCUT2D eigenvalue weighted by Crippen LogP contribution is -2.20. The zero-order chi connectivity index (χ0) is 22.5. The van der Waals surface area contributed by atoms with Gasteiger partial charge in [0.05, 0.1) is 11.4 Å². The summed E-state index contributed by atoms with van der Waals surface area (Å²) >= 11 is 6.54. The Bertz CT molecular complexity index is 1090. The highest BCUT2D eigenvalue weighted by Crippen LogP contribution is 2.38. The number of nitrogens with zero attached hydrogens (tertiary/aromatic N) is 3. The van der Waals surface area contributed by atoms with Crippen LogP contribution in [0.3, 0.4) is 0 Å². The fourth-order valence-electron chi connectivity index (χ4n) is 4.61. The summed E-state index contributed by atoms with van der Waals surface area (Å²) in [5, 5.41) is 0.329. The molecule has 31 heavy (non-hydrogen) atoms. The maximum atomic E-state index is 13.9. The van der Waals surface area contributed by atoms with Gasteiger partial charge in [0.1, 0.15) is 5.15 Å². The number of rotatable bonds is 7. The number of alkyl halides is 3. The van der Waals surface area contributed by atoms with Gasteiger partial charge in [-0.25, -0.2) is 4.98 Å². The molecule has 1 unspecified atom stereocenters. The van der Waals surface area contributed by atoms with E-state index in [4.69, 9.17) is 17.3 Å². The van der Waals surface area contributed by atoms with Crippen molar-refractivity contribution in [3.63, 3.8) is 0 Å². The number of hydrogen-bond donors (Lipinski definition) is 1. The van der Waals surface area contributed by atoms with Crippen molar-refractivity contribution in [1.29, 1.82) is 0 Å². The molecule has 2 aromatic heterocycles. The molecule has 1 atom stereocenters. The molecule has 1 aromatic carbocycles. The fraction of sp³-hybridized carbons (Fsp3) is 0.522. The average Bonchev–Trinajstić information content (AvgIpc) is 3.35. The largest absolute Gasteiger partial charge is 0.435 e. The standard InChI is InChI=1S/C23H28ClF3N4/c1-13-8-14(2)20(15(3)9-13)31-19(24)12-30-18(21(23(25,26)27)29-22(30)31)10-17(11-28)7-6-16-4-5-16/h8-9,12,16-17H,4-7,10-11,28H2,1-3H3. The maximum absolute atomic E-state index is 13.9. The van der Waals surface area contributed by atoms with Crippen molar-refractivity contribution in [3.05, 3.63) is 51.6 Å². The van der Waals surface area contributed by atoms with E-state index < -0.39 is 11.9 Å². The minimum atomic E-state index is -4.55. The molecular weight excluding hydrogens is 425 g/mol. The smallest absolute Gasteiger partial charge is 0.330 e. The molecule has 4 rings (SSSR count). The van der Waals surface area contributed by atoms with E-state index in [1.807, 2.05) is 32.9 Å². The van der Waals surface area contributed by atoms with E-state index in [1.54, 1.807) is 10.8 Å². The first kappa shape index (κ1) is 22.2. The molecule has 168 valence electrons. The molecule has 1 aliphatic carbocycles. The van der Waals surface area contributed by atoms with Crippen molar-refractivity contribution in [2.24, 2.45) is 17.6 Å². The summed E-state index contributed by atoms with van der Waals surface area (Å²) in [6.45, 7) is 6.19. The lowest BCUT2D eigenvalue weighted by molar-refractivity contribution is -0.141. The minimum Gasteiger partial charge on any atom is -0.330 e. The van der Waals surface area contributed by atoms with Crippen LogP contribution in [-0.2, 0) is 12.6 Å². The fourth-order valence-corrected chi connectivity index (χ4v) is 4.87. The molecule has 0 amide bonds.